The number of rotatable bonds is 3. The standard InChI is InChI=1S/C16H19NO.O3S/c1-3-14-7-6-13(10-16(14)18)8-12-5-4-11(2)15(17)9-12;1-4(2)3/h4-7,9-10,18H,3,8,17H2,1-2H3;. The van der Waals surface area contributed by atoms with E-state index in [1.165, 1.54) is 5.56 Å². The van der Waals surface area contributed by atoms with Crippen LogP contribution in [0.5, 0.6) is 5.75 Å². The molecule has 6 heteroatoms. The Morgan fingerprint density at radius 2 is 1.59 bits per heavy atom. The number of hydrogen-bond donors (Lipinski definition) is 2. The number of nitrogens with two attached hydrogens (primary N) is 1. The van der Waals surface area contributed by atoms with Crippen LogP contribution in [0.1, 0.15) is 29.2 Å². The van der Waals surface area contributed by atoms with Crippen LogP contribution in [0.25, 0.3) is 0 Å². The smallest absolute Gasteiger partial charge is 0.425 e. The number of nitrogen functional groups attached to an aromatic ring is 1. The molecule has 118 valence electrons. The molecule has 0 radical (unpaired) electrons. The summed E-state index contributed by atoms with van der Waals surface area (Å²) in [5.74, 6) is 0.384. The van der Waals surface area contributed by atoms with Crippen molar-refractivity contribution in [2.75, 3.05) is 5.73 Å². The second-order valence-corrected chi connectivity index (χ2v) is 5.30. The van der Waals surface area contributed by atoms with Crippen LogP contribution in [-0.4, -0.2) is 17.7 Å². The Hall–Kier alpha value is -2.34. The normalized spacial score (nSPS) is 9.73. The van der Waals surface area contributed by atoms with E-state index in [0.717, 1.165) is 35.2 Å². The van der Waals surface area contributed by atoms with Gasteiger partial charge in [0.1, 0.15) is 5.75 Å². The highest BCUT2D eigenvalue weighted by molar-refractivity contribution is 7.59. The molecule has 2 aromatic carbocycles. The largest absolute Gasteiger partial charge is 0.508 e. The van der Waals surface area contributed by atoms with Crippen molar-refractivity contribution in [1.82, 2.24) is 0 Å². The number of aryl methyl sites for hydroxylation is 2. The topological polar surface area (TPSA) is 97.5 Å². The van der Waals surface area contributed by atoms with Crippen LogP contribution in [0.15, 0.2) is 36.4 Å². The van der Waals surface area contributed by atoms with E-state index in [1.807, 2.05) is 38.1 Å². The summed E-state index contributed by atoms with van der Waals surface area (Å²) >= 11 is 0. The van der Waals surface area contributed by atoms with E-state index in [4.69, 9.17) is 18.4 Å². The van der Waals surface area contributed by atoms with Gasteiger partial charge in [-0.15, -0.1) is 12.6 Å². The minimum Gasteiger partial charge on any atom is -0.508 e. The molecule has 0 fully saturated rings. The van der Waals surface area contributed by atoms with Crippen molar-refractivity contribution in [1.29, 1.82) is 0 Å². The molecular formula is C16H19NO4S. The maximum absolute atomic E-state index is 9.84. The molecule has 2 rings (SSSR count). The lowest BCUT2D eigenvalue weighted by molar-refractivity contribution is 0.468. The molecule has 0 aliphatic carbocycles. The molecule has 3 N–H and O–H groups in total. The molecule has 0 amide bonds. The van der Waals surface area contributed by atoms with Crippen molar-refractivity contribution in [3.63, 3.8) is 0 Å². The molecule has 2 aromatic rings. The SMILES string of the molecule is CCc1ccc(Cc2ccc(C)c(N)c2)cc1O.O=S(=O)=O. The summed E-state index contributed by atoms with van der Waals surface area (Å²) in [6.45, 7) is 4.04. The summed E-state index contributed by atoms with van der Waals surface area (Å²) in [5.41, 5.74) is 11.1. The molecule has 0 atom stereocenters. The third-order valence-electron chi connectivity index (χ3n) is 3.28. The van der Waals surface area contributed by atoms with Crippen molar-refractivity contribution in [3.05, 3.63) is 58.7 Å². The minimum atomic E-state index is -3.11. The first-order valence-electron chi connectivity index (χ1n) is 6.76. The monoisotopic (exact) mass is 321 g/mol. The molecule has 0 saturated carbocycles. The average Bonchev–Trinajstić information content (AvgIpc) is 2.42. The van der Waals surface area contributed by atoms with Gasteiger partial charge in [0.2, 0.25) is 0 Å². The van der Waals surface area contributed by atoms with Gasteiger partial charge in [0.15, 0.2) is 0 Å². The first-order valence-corrected chi connectivity index (χ1v) is 7.76. The predicted octanol–water partition coefficient (Wildman–Crippen LogP) is 2.43. The van der Waals surface area contributed by atoms with E-state index in [9.17, 15) is 5.11 Å². The van der Waals surface area contributed by atoms with Crippen LogP contribution in [0.2, 0.25) is 0 Å². The van der Waals surface area contributed by atoms with Crippen LogP contribution >= 0.6 is 0 Å². The molecule has 0 heterocycles. The quantitative estimate of drug-likeness (QED) is 0.846. The lowest BCUT2D eigenvalue weighted by Crippen LogP contribution is -1.94. The van der Waals surface area contributed by atoms with E-state index >= 15 is 0 Å². The zero-order valence-electron chi connectivity index (χ0n) is 12.5. The molecule has 0 aromatic heterocycles. The van der Waals surface area contributed by atoms with Crippen molar-refractivity contribution in [2.24, 2.45) is 0 Å². The van der Waals surface area contributed by atoms with Gasteiger partial charge >= 0.3 is 10.6 Å². The molecule has 22 heavy (non-hydrogen) atoms. The van der Waals surface area contributed by atoms with Gasteiger partial charge in [-0.05, 0) is 54.2 Å². The van der Waals surface area contributed by atoms with Gasteiger partial charge in [-0.25, -0.2) is 0 Å². The molecule has 0 unspecified atom stereocenters. The second-order valence-electron chi connectivity index (χ2n) is 4.89. The van der Waals surface area contributed by atoms with E-state index in [2.05, 4.69) is 12.1 Å². The summed E-state index contributed by atoms with van der Waals surface area (Å²) in [4.78, 5) is 0. The lowest BCUT2D eigenvalue weighted by atomic mass is 10.0. The third kappa shape index (κ3) is 5.57. The minimum absolute atomic E-state index is 0.384. The van der Waals surface area contributed by atoms with Crippen LogP contribution in [0, 0.1) is 6.92 Å². The highest BCUT2D eigenvalue weighted by atomic mass is 32.2. The third-order valence-corrected chi connectivity index (χ3v) is 3.28. The van der Waals surface area contributed by atoms with Gasteiger partial charge in [-0.3, -0.25) is 0 Å². The Morgan fingerprint density at radius 1 is 1.05 bits per heavy atom. The van der Waals surface area contributed by atoms with E-state index in [0.29, 0.717) is 5.75 Å². The van der Waals surface area contributed by atoms with Gasteiger partial charge in [0.05, 0.1) is 0 Å². The number of benzene rings is 2. The lowest BCUT2D eigenvalue weighted by Gasteiger charge is -2.08. The fraction of sp³-hybridized carbons (Fsp3) is 0.250. The van der Waals surface area contributed by atoms with Crippen LogP contribution in [0.4, 0.5) is 5.69 Å². The van der Waals surface area contributed by atoms with Crippen LogP contribution in [-0.2, 0) is 23.5 Å². The molecule has 5 nitrogen and oxygen atoms in total. The molecular weight excluding hydrogens is 302 g/mol. The van der Waals surface area contributed by atoms with Gasteiger partial charge in [0, 0.05) is 5.69 Å². The van der Waals surface area contributed by atoms with E-state index < -0.39 is 10.6 Å². The highest BCUT2D eigenvalue weighted by Gasteiger charge is 2.03. The van der Waals surface area contributed by atoms with Gasteiger partial charge in [-0.2, -0.15) is 0 Å². The number of aromatic hydroxyl groups is 1. The molecule has 0 aliphatic heterocycles. The summed E-state index contributed by atoms with van der Waals surface area (Å²) in [6.07, 6.45) is 1.64. The zero-order chi connectivity index (χ0) is 16.7. The maximum Gasteiger partial charge on any atom is 0.425 e. The molecule has 0 aliphatic rings. The fourth-order valence-corrected chi connectivity index (χ4v) is 2.05. The van der Waals surface area contributed by atoms with Gasteiger partial charge in [0.25, 0.3) is 0 Å². The number of hydrogen-bond acceptors (Lipinski definition) is 5. The summed E-state index contributed by atoms with van der Waals surface area (Å²) in [7, 11) is -3.11. The fourth-order valence-electron chi connectivity index (χ4n) is 2.05. The first kappa shape index (κ1) is 17.7. The van der Waals surface area contributed by atoms with Crippen LogP contribution in [0.3, 0.4) is 0 Å². The molecule has 0 saturated heterocycles. The average molecular weight is 321 g/mol. The number of anilines is 1. The van der Waals surface area contributed by atoms with Gasteiger partial charge < -0.3 is 10.8 Å². The van der Waals surface area contributed by atoms with E-state index in [-0.39, 0.29) is 0 Å². The number of phenols is 1. The first-order chi connectivity index (χ1) is 10.3. The maximum atomic E-state index is 9.84. The highest BCUT2D eigenvalue weighted by Crippen LogP contribution is 2.22. The Bertz CT molecular complexity index is 748. The van der Waals surface area contributed by atoms with E-state index in [1.54, 1.807) is 0 Å². The van der Waals surface area contributed by atoms with Crippen molar-refractivity contribution < 1.29 is 17.7 Å². The Kier molecular flexibility index (Phi) is 6.59. The molecule has 0 spiro atoms. The van der Waals surface area contributed by atoms with Crippen LogP contribution < -0.4 is 5.73 Å². The van der Waals surface area contributed by atoms with Crippen molar-refractivity contribution in [2.45, 2.75) is 26.7 Å². The summed E-state index contributed by atoms with van der Waals surface area (Å²) in [6, 6.07) is 12.0. The van der Waals surface area contributed by atoms with Gasteiger partial charge in [-0.1, -0.05) is 31.2 Å². The Labute approximate surface area is 131 Å². The Balaban J connectivity index is 0.000000541. The Morgan fingerprint density at radius 3 is 2.09 bits per heavy atom. The van der Waals surface area contributed by atoms with Crippen molar-refractivity contribution in [3.8, 4) is 5.75 Å². The summed E-state index contributed by atoms with van der Waals surface area (Å²) < 4.78 is 25.3. The predicted molar refractivity (Wildman–Crippen MR) is 85.6 cm³/mol. The summed E-state index contributed by atoms with van der Waals surface area (Å²) in [5, 5.41) is 9.84. The zero-order valence-corrected chi connectivity index (χ0v) is 13.4. The second kappa shape index (κ2) is 8.19. The van der Waals surface area contributed by atoms with Crippen molar-refractivity contribution >= 4 is 16.3 Å². The number of phenolic OH excluding ortho intramolecular Hbond substituents is 1. The molecule has 0 bridgehead atoms.